The zero-order chi connectivity index (χ0) is 26.7. The van der Waals surface area contributed by atoms with Crippen molar-refractivity contribution in [1.82, 2.24) is 4.90 Å². The number of halogens is 2. The van der Waals surface area contributed by atoms with Gasteiger partial charge in [-0.15, -0.1) is 0 Å². The number of carbonyl (C=O) groups is 3. The lowest BCUT2D eigenvalue weighted by molar-refractivity contribution is -0.384. The number of ether oxygens (including phenoxy) is 2. The second-order valence-electron chi connectivity index (χ2n) is 7.55. The Hall–Kier alpha value is -2.92. The van der Waals surface area contributed by atoms with Gasteiger partial charge in [0.25, 0.3) is 16.8 Å². The number of hydrogen-bond acceptors (Lipinski definition) is 9. The molecule has 0 spiro atoms. The lowest BCUT2D eigenvalue weighted by atomic mass is 10.2. The Kier molecular flexibility index (Phi) is 8.53. The van der Waals surface area contributed by atoms with Gasteiger partial charge < -0.3 is 13.9 Å². The fourth-order valence-electron chi connectivity index (χ4n) is 3.29. The van der Waals surface area contributed by atoms with Crippen molar-refractivity contribution < 1.29 is 33.2 Å². The van der Waals surface area contributed by atoms with Gasteiger partial charge in [-0.25, -0.2) is 4.79 Å². The number of benzene rings is 2. The number of thioether (sulfide) groups is 1. The molecule has 4 rings (SSSR count). The summed E-state index contributed by atoms with van der Waals surface area (Å²) in [7, 11) is 1.23. The topological polar surface area (TPSA) is 129 Å². The predicted molar refractivity (Wildman–Crippen MR) is 151 cm³/mol. The molecule has 0 aliphatic carbocycles. The summed E-state index contributed by atoms with van der Waals surface area (Å²) in [4.78, 5) is 48.6. The van der Waals surface area contributed by atoms with Crippen molar-refractivity contribution in [2.24, 2.45) is 0 Å². The van der Waals surface area contributed by atoms with E-state index in [-0.39, 0.29) is 35.3 Å². The minimum Gasteiger partial charge on any atom is -0.487 e. The van der Waals surface area contributed by atoms with Crippen LogP contribution in [-0.4, -0.2) is 34.0 Å². The van der Waals surface area contributed by atoms with Gasteiger partial charge in [0.15, 0.2) is 0 Å². The van der Waals surface area contributed by atoms with E-state index in [4.69, 9.17) is 9.15 Å². The van der Waals surface area contributed by atoms with Crippen LogP contribution in [0.3, 0.4) is 0 Å². The van der Waals surface area contributed by atoms with E-state index < -0.39 is 22.0 Å². The van der Waals surface area contributed by atoms with Crippen LogP contribution in [-0.2, 0) is 22.7 Å². The second-order valence-corrected chi connectivity index (χ2v) is 10.9. The van der Waals surface area contributed by atoms with Crippen molar-refractivity contribution in [3.8, 4) is 5.75 Å². The first kappa shape index (κ1) is 27.1. The highest BCUT2D eigenvalue weighted by atomic mass is 127. The molecule has 190 valence electrons. The molecule has 13 heteroatoms. The number of nitro benzene ring substituents is 1. The molecule has 37 heavy (non-hydrogen) atoms. The van der Waals surface area contributed by atoms with Gasteiger partial charge in [-0.2, -0.15) is 0 Å². The molecule has 1 aliphatic heterocycles. The lowest BCUT2D eigenvalue weighted by Crippen LogP contribution is -2.27. The van der Waals surface area contributed by atoms with Gasteiger partial charge in [-0.05, 0) is 111 Å². The van der Waals surface area contributed by atoms with E-state index in [1.165, 1.54) is 31.4 Å². The van der Waals surface area contributed by atoms with Crippen LogP contribution in [0.5, 0.6) is 5.75 Å². The van der Waals surface area contributed by atoms with E-state index in [0.29, 0.717) is 11.3 Å². The summed E-state index contributed by atoms with van der Waals surface area (Å²) in [5.74, 6) is -0.203. The summed E-state index contributed by atoms with van der Waals surface area (Å²) in [5, 5.41) is 10.4. The van der Waals surface area contributed by atoms with Crippen LogP contribution in [0.15, 0.2) is 57.9 Å². The largest absolute Gasteiger partial charge is 0.487 e. The molecule has 2 heterocycles. The number of nitrogens with zero attached hydrogens (tertiary/aromatic N) is 2. The van der Waals surface area contributed by atoms with Crippen LogP contribution in [0.1, 0.15) is 27.4 Å². The standard InChI is InChI=1S/C24H16I2N2O8S/c1-34-23(30)19-7-6-16(36-19)11-27-22(29)20(37-24(27)31)10-14-8-17(25)21(18(26)9-14)35-12-13-2-4-15(5-3-13)28(32)33/h2-10H,11-12H2,1H3/b20-10+. The van der Waals surface area contributed by atoms with Crippen LogP contribution in [0.4, 0.5) is 10.5 Å². The lowest BCUT2D eigenvalue weighted by Gasteiger charge is -2.12. The number of carbonyl (C=O) groups excluding carboxylic acids is 3. The van der Waals surface area contributed by atoms with Gasteiger partial charge in [0.05, 0.1) is 30.6 Å². The summed E-state index contributed by atoms with van der Waals surface area (Å²) in [6.07, 6.45) is 1.64. The first-order valence-corrected chi connectivity index (χ1v) is 13.4. The molecule has 2 amide bonds. The summed E-state index contributed by atoms with van der Waals surface area (Å²) < 4.78 is 17.5. The van der Waals surface area contributed by atoms with E-state index in [2.05, 4.69) is 49.9 Å². The maximum atomic E-state index is 12.9. The van der Waals surface area contributed by atoms with Crippen LogP contribution in [0, 0.1) is 17.3 Å². The van der Waals surface area contributed by atoms with Crippen molar-refractivity contribution in [1.29, 1.82) is 0 Å². The minimum atomic E-state index is -0.648. The highest BCUT2D eigenvalue weighted by Gasteiger charge is 2.36. The van der Waals surface area contributed by atoms with Crippen LogP contribution in [0.25, 0.3) is 6.08 Å². The number of imide groups is 1. The van der Waals surface area contributed by atoms with Crippen LogP contribution < -0.4 is 4.74 Å². The third-order valence-electron chi connectivity index (χ3n) is 5.08. The molecular formula is C24H16I2N2O8S. The van der Waals surface area contributed by atoms with E-state index in [1.54, 1.807) is 18.2 Å². The molecule has 0 atom stereocenters. The molecule has 10 nitrogen and oxygen atoms in total. The first-order valence-electron chi connectivity index (χ1n) is 10.4. The van der Waals surface area contributed by atoms with Crippen molar-refractivity contribution in [3.63, 3.8) is 0 Å². The molecular weight excluding hydrogens is 730 g/mol. The molecule has 1 aliphatic rings. The predicted octanol–water partition coefficient (Wildman–Crippen LogP) is 6.00. The molecule has 0 N–H and O–H groups in total. The Balaban J connectivity index is 1.45. The average molecular weight is 746 g/mol. The SMILES string of the molecule is COC(=O)c1ccc(CN2C(=O)S/C(=C/c3cc(I)c(OCc4ccc([N+](=O)[O-])cc4)c(I)c3)C2=O)o1. The maximum Gasteiger partial charge on any atom is 0.373 e. The van der Waals surface area contributed by atoms with Crippen molar-refractivity contribution in [2.45, 2.75) is 13.2 Å². The van der Waals surface area contributed by atoms with Gasteiger partial charge in [0.1, 0.15) is 18.1 Å². The van der Waals surface area contributed by atoms with Gasteiger partial charge in [0, 0.05) is 12.1 Å². The first-order chi connectivity index (χ1) is 17.7. The van der Waals surface area contributed by atoms with Crippen molar-refractivity contribution in [2.75, 3.05) is 7.11 Å². The Morgan fingerprint density at radius 3 is 2.43 bits per heavy atom. The molecule has 1 aromatic heterocycles. The Morgan fingerprint density at radius 2 is 1.81 bits per heavy atom. The molecule has 0 unspecified atom stereocenters. The van der Waals surface area contributed by atoms with Crippen molar-refractivity contribution in [3.05, 3.63) is 93.3 Å². The second kappa shape index (κ2) is 11.6. The monoisotopic (exact) mass is 746 g/mol. The smallest absolute Gasteiger partial charge is 0.373 e. The van der Waals surface area contributed by atoms with Gasteiger partial charge >= 0.3 is 5.97 Å². The number of esters is 1. The van der Waals surface area contributed by atoms with E-state index in [9.17, 15) is 24.5 Å². The molecule has 3 aromatic rings. The van der Waals surface area contributed by atoms with Gasteiger partial charge in [-0.3, -0.25) is 24.6 Å². The third kappa shape index (κ3) is 6.32. The highest BCUT2D eigenvalue weighted by Crippen LogP contribution is 2.36. The number of hydrogen-bond donors (Lipinski definition) is 0. The normalized spacial score (nSPS) is 14.4. The zero-order valence-electron chi connectivity index (χ0n) is 18.9. The Labute approximate surface area is 241 Å². The Morgan fingerprint density at radius 1 is 1.14 bits per heavy atom. The summed E-state index contributed by atoms with van der Waals surface area (Å²) in [5.41, 5.74) is 1.51. The van der Waals surface area contributed by atoms with Crippen molar-refractivity contribution >= 4 is 85.8 Å². The number of methoxy groups -OCH3 is 1. The molecule has 0 saturated carbocycles. The molecule has 0 bridgehead atoms. The number of amides is 2. The molecule has 1 saturated heterocycles. The number of furan rings is 1. The third-order valence-corrected chi connectivity index (χ3v) is 7.59. The molecule has 1 fully saturated rings. The van der Waals surface area contributed by atoms with E-state index in [1.807, 2.05) is 12.1 Å². The van der Waals surface area contributed by atoms with Gasteiger partial charge in [0.2, 0.25) is 5.76 Å². The average Bonchev–Trinajstić information content (AvgIpc) is 3.43. The minimum absolute atomic E-state index is 0.0109. The number of rotatable bonds is 8. The molecule has 2 aromatic carbocycles. The van der Waals surface area contributed by atoms with Gasteiger partial charge in [-0.1, -0.05) is 0 Å². The summed E-state index contributed by atoms with van der Waals surface area (Å²) in [6, 6.07) is 12.7. The summed E-state index contributed by atoms with van der Waals surface area (Å²) in [6.45, 7) is 0.121. The van der Waals surface area contributed by atoms with Crippen LogP contribution in [0.2, 0.25) is 0 Å². The fraction of sp³-hybridized carbons (Fsp3) is 0.125. The number of nitro groups is 1. The fourth-order valence-corrected chi connectivity index (χ4v) is 6.25. The zero-order valence-corrected chi connectivity index (χ0v) is 24.1. The van der Waals surface area contributed by atoms with Crippen LogP contribution >= 0.6 is 56.9 Å². The number of non-ortho nitro benzene ring substituents is 1. The molecule has 0 radical (unpaired) electrons. The summed E-state index contributed by atoms with van der Waals surface area (Å²) >= 11 is 5.07. The Bertz CT molecular complexity index is 1410. The maximum absolute atomic E-state index is 12.9. The quantitative estimate of drug-likeness (QED) is 0.0897. The van der Waals surface area contributed by atoms with E-state index >= 15 is 0 Å². The highest BCUT2D eigenvalue weighted by molar-refractivity contribution is 14.1. The van der Waals surface area contributed by atoms with E-state index in [0.717, 1.165) is 29.4 Å².